The van der Waals surface area contributed by atoms with Crippen LogP contribution in [0.5, 0.6) is 0 Å². The zero-order valence-corrected chi connectivity index (χ0v) is 17.3. The maximum Gasteiger partial charge on any atom is 0.242 e. The van der Waals surface area contributed by atoms with Gasteiger partial charge >= 0.3 is 0 Å². The van der Waals surface area contributed by atoms with Crippen molar-refractivity contribution < 1.29 is 13.2 Å². The lowest BCUT2D eigenvalue weighted by atomic mass is 10.0. The Kier molecular flexibility index (Phi) is 5.58. The van der Waals surface area contributed by atoms with Crippen LogP contribution >= 0.6 is 0 Å². The topological polar surface area (TPSA) is 75.5 Å². The zero-order chi connectivity index (χ0) is 19.8. The molecular weight excluding hydrogens is 364 g/mol. The van der Waals surface area contributed by atoms with Crippen molar-refractivity contribution in [2.75, 3.05) is 20.6 Å². The number of sulfonamides is 1. The molecule has 0 bridgehead atoms. The van der Waals surface area contributed by atoms with Gasteiger partial charge in [0.05, 0.1) is 15.9 Å². The summed E-state index contributed by atoms with van der Waals surface area (Å²) in [5.74, 6) is 0.965. The van der Waals surface area contributed by atoms with E-state index in [0.717, 1.165) is 30.7 Å². The van der Waals surface area contributed by atoms with Crippen molar-refractivity contribution in [2.24, 2.45) is 7.05 Å². The predicted octanol–water partition coefficient (Wildman–Crippen LogP) is 2.16. The number of fused-ring (bicyclic) bond motifs is 1. The van der Waals surface area contributed by atoms with E-state index in [2.05, 4.69) is 11.9 Å². The Labute approximate surface area is 161 Å². The molecule has 0 spiro atoms. The Balaban J connectivity index is 1.79. The second-order valence-corrected chi connectivity index (χ2v) is 9.61. The molecule has 7 nitrogen and oxygen atoms in total. The van der Waals surface area contributed by atoms with Gasteiger partial charge in [0.1, 0.15) is 5.82 Å². The van der Waals surface area contributed by atoms with Crippen molar-refractivity contribution in [3.05, 3.63) is 24.0 Å². The smallest absolute Gasteiger partial charge is 0.242 e. The average Bonchev–Trinajstić information content (AvgIpc) is 2.95. The molecule has 0 radical (unpaired) electrons. The summed E-state index contributed by atoms with van der Waals surface area (Å²) in [6.07, 6.45) is 4.30. The molecule has 1 amide bonds. The molecule has 0 saturated carbocycles. The maximum atomic E-state index is 12.6. The van der Waals surface area contributed by atoms with E-state index in [1.807, 2.05) is 16.5 Å². The van der Waals surface area contributed by atoms with Crippen molar-refractivity contribution in [1.29, 1.82) is 0 Å². The van der Waals surface area contributed by atoms with Crippen molar-refractivity contribution in [1.82, 2.24) is 18.8 Å². The summed E-state index contributed by atoms with van der Waals surface area (Å²) in [5.41, 5.74) is 1.50. The normalized spacial score (nSPS) is 18.4. The van der Waals surface area contributed by atoms with E-state index in [0.29, 0.717) is 24.4 Å². The van der Waals surface area contributed by atoms with Crippen LogP contribution in [0.1, 0.15) is 38.4 Å². The molecule has 27 heavy (non-hydrogen) atoms. The highest BCUT2D eigenvalue weighted by Gasteiger charge is 2.24. The average molecular weight is 393 g/mol. The van der Waals surface area contributed by atoms with Gasteiger partial charge in [0.25, 0.3) is 0 Å². The van der Waals surface area contributed by atoms with E-state index in [-0.39, 0.29) is 10.8 Å². The van der Waals surface area contributed by atoms with E-state index >= 15 is 0 Å². The highest BCUT2D eigenvalue weighted by molar-refractivity contribution is 7.89. The predicted molar refractivity (Wildman–Crippen MR) is 105 cm³/mol. The Morgan fingerprint density at radius 1 is 1.30 bits per heavy atom. The molecule has 148 valence electrons. The molecule has 2 aromatic rings. The van der Waals surface area contributed by atoms with Gasteiger partial charge in [-0.05, 0) is 44.4 Å². The summed E-state index contributed by atoms with van der Waals surface area (Å²) in [6.45, 7) is 2.95. The number of benzene rings is 1. The number of likely N-dealkylation sites (tertiary alicyclic amines) is 1. The van der Waals surface area contributed by atoms with Crippen molar-refractivity contribution >= 4 is 27.0 Å². The summed E-state index contributed by atoms with van der Waals surface area (Å²) >= 11 is 0. The maximum absolute atomic E-state index is 12.6. The Morgan fingerprint density at radius 3 is 2.70 bits per heavy atom. The molecule has 1 saturated heterocycles. The number of amides is 1. The molecule has 1 fully saturated rings. The molecule has 3 rings (SSSR count). The van der Waals surface area contributed by atoms with Crippen molar-refractivity contribution in [3.8, 4) is 0 Å². The Hall–Kier alpha value is -1.93. The van der Waals surface area contributed by atoms with Crippen LogP contribution in [0.3, 0.4) is 0 Å². The number of hydrogen-bond acceptors (Lipinski definition) is 4. The summed E-state index contributed by atoms with van der Waals surface area (Å²) < 4.78 is 27.8. The van der Waals surface area contributed by atoms with Gasteiger partial charge in [0.2, 0.25) is 15.9 Å². The monoisotopic (exact) mass is 392 g/mol. The summed E-state index contributed by atoms with van der Waals surface area (Å²) in [6, 6.07) is 5.29. The van der Waals surface area contributed by atoms with Crippen LogP contribution in [0, 0.1) is 0 Å². The largest absolute Gasteiger partial charge is 0.340 e. The van der Waals surface area contributed by atoms with E-state index < -0.39 is 10.0 Å². The lowest BCUT2D eigenvalue weighted by Crippen LogP contribution is -2.42. The van der Waals surface area contributed by atoms with Gasteiger partial charge < -0.3 is 9.47 Å². The molecular formula is C19H28N4O3S. The van der Waals surface area contributed by atoms with Crippen LogP contribution in [0.15, 0.2) is 23.1 Å². The molecule has 2 heterocycles. The number of carbonyl (C=O) groups excluding carboxylic acids is 1. The SMILES string of the molecule is C[C@H]1CCCCN1C(=O)CCc1nc2cc(S(=O)(=O)N(C)C)ccc2n1C. The van der Waals surface area contributed by atoms with Crippen LogP contribution in [0.4, 0.5) is 0 Å². The minimum absolute atomic E-state index is 0.171. The number of aromatic nitrogens is 2. The number of aryl methyl sites for hydroxylation is 2. The van der Waals surface area contributed by atoms with Crippen LogP contribution in [0.25, 0.3) is 11.0 Å². The van der Waals surface area contributed by atoms with Crippen molar-refractivity contribution in [2.45, 2.75) is 50.0 Å². The minimum atomic E-state index is -3.50. The first-order valence-electron chi connectivity index (χ1n) is 9.39. The van der Waals surface area contributed by atoms with Gasteiger partial charge in [-0.3, -0.25) is 4.79 Å². The number of piperidine rings is 1. The number of rotatable bonds is 5. The molecule has 0 aliphatic carbocycles. The van der Waals surface area contributed by atoms with Crippen LogP contribution < -0.4 is 0 Å². The van der Waals surface area contributed by atoms with Gasteiger partial charge in [-0.15, -0.1) is 0 Å². The van der Waals surface area contributed by atoms with Gasteiger partial charge in [0, 0.05) is 46.6 Å². The van der Waals surface area contributed by atoms with E-state index in [1.54, 1.807) is 18.2 Å². The molecule has 1 aromatic carbocycles. The fourth-order valence-electron chi connectivity index (χ4n) is 3.66. The fourth-order valence-corrected chi connectivity index (χ4v) is 4.58. The van der Waals surface area contributed by atoms with Crippen LogP contribution in [0.2, 0.25) is 0 Å². The third-order valence-electron chi connectivity index (χ3n) is 5.41. The van der Waals surface area contributed by atoms with Crippen LogP contribution in [-0.4, -0.2) is 59.8 Å². The molecule has 1 aliphatic rings. The van der Waals surface area contributed by atoms with Crippen LogP contribution in [-0.2, 0) is 28.3 Å². The number of hydrogen-bond donors (Lipinski definition) is 0. The summed E-state index contributed by atoms with van der Waals surface area (Å²) in [5, 5.41) is 0. The van der Waals surface area contributed by atoms with E-state index in [4.69, 9.17) is 0 Å². The van der Waals surface area contributed by atoms with Gasteiger partial charge in [-0.1, -0.05) is 0 Å². The van der Waals surface area contributed by atoms with Gasteiger partial charge in [-0.2, -0.15) is 0 Å². The Bertz CT molecular complexity index is 949. The highest BCUT2D eigenvalue weighted by atomic mass is 32.2. The van der Waals surface area contributed by atoms with E-state index in [1.165, 1.54) is 24.8 Å². The molecule has 1 atom stereocenters. The first-order valence-corrected chi connectivity index (χ1v) is 10.8. The summed E-state index contributed by atoms with van der Waals surface area (Å²) in [4.78, 5) is 19.4. The lowest BCUT2D eigenvalue weighted by Gasteiger charge is -2.33. The van der Waals surface area contributed by atoms with E-state index in [9.17, 15) is 13.2 Å². The second kappa shape index (κ2) is 7.59. The highest BCUT2D eigenvalue weighted by Crippen LogP contribution is 2.23. The van der Waals surface area contributed by atoms with Gasteiger partial charge in [-0.25, -0.2) is 17.7 Å². The second-order valence-electron chi connectivity index (χ2n) is 7.46. The molecule has 1 aliphatic heterocycles. The zero-order valence-electron chi connectivity index (χ0n) is 16.5. The van der Waals surface area contributed by atoms with Crippen molar-refractivity contribution in [3.63, 3.8) is 0 Å². The standard InChI is InChI=1S/C19H28N4O3S/c1-14-7-5-6-12-23(14)19(24)11-10-18-20-16-13-15(27(25,26)21(2)3)8-9-17(16)22(18)4/h8-9,13-14H,5-7,10-12H2,1-4H3/t14-/m0/s1. The van der Waals surface area contributed by atoms with Gasteiger partial charge in [0.15, 0.2) is 0 Å². The minimum Gasteiger partial charge on any atom is -0.340 e. The third-order valence-corrected chi connectivity index (χ3v) is 7.22. The molecule has 1 aromatic heterocycles. The number of carbonyl (C=O) groups is 1. The quantitative estimate of drug-likeness (QED) is 0.781. The third kappa shape index (κ3) is 3.87. The summed E-state index contributed by atoms with van der Waals surface area (Å²) in [7, 11) is 1.43. The molecule has 8 heteroatoms. The fraction of sp³-hybridized carbons (Fsp3) is 0.579. The number of imidazole rings is 1. The first-order chi connectivity index (χ1) is 12.7. The first kappa shape index (κ1) is 19.8. The Morgan fingerprint density at radius 2 is 2.04 bits per heavy atom. The number of nitrogens with zero attached hydrogens (tertiary/aromatic N) is 4. The molecule has 0 N–H and O–H groups in total. The lowest BCUT2D eigenvalue weighted by molar-refractivity contribution is -0.134. The molecule has 0 unspecified atom stereocenters.